The van der Waals surface area contributed by atoms with Gasteiger partial charge in [-0.15, -0.1) is 0 Å². The van der Waals surface area contributed by atoms with Gasteiger partial charge in [0.05, 0.1) is 5.56 Å². The maximum absolute atomic E-state index is 11.0. The van der Waals surface area contributed by atoms with Crippen molar-refractivity contribution in [2.75, 3.05) is 17.2 Å². The molecule has 3 nitrogen and oxygen atoms in total. The van der Waals surface area contributed by atoms with E-state index in [0.29, 0.717) is 16.9 Å². The summed E-state index contributed by atoms with van der Waals surface area (Å²) in [4.78, 5) is 17.6. The molecule has 2 rings (SSSR count). The van der Waals surface area contributed by atoms with Crippen LogP contribution in [0.3, 0.4) is 0 Å². The molecule has 1 aromatic heterocycles. The van der Waals surface area contributed by atoms with Crippen LogP contribution in [0, 0.1) is 0 Å². The zero-order valence-corrected chi connectivity index (χ0v) is 10.4. The molecule has 16 heavy (non-hydrogen) atoms. The Kier molecular flexibility index (Phi) is 3.49. The van der Waals surface area contributed by atoms with E-state index in [-0.39, 0.29) is 0 Å². The normalized spacial score (nSPS) is 25.5. The molecule has 1 aliphatic heterocycles. The minimum Gasteiger partial charge on any atom is -0.351 e. The number of hydrogen-bond donors (Lipinski definition) is 0. The fraction of sp³-hybridized carbons (Fsp3) is 0.500. The smallest absolute Gasteiger partial charge is 0.153 e. The second kappa shape index (κ2) is 4.87. The quantitative estimate of drug-likeness (QED) is 0.737. The summed E-state index contributed by atoms with van der Waals surface area (Å²) in [6.07, 6.45) is 2.64. The van der Waals surface area contributed by atoms with Crippen LogP contribution in [0.15, 0.2) is 18.3 Å². The fourth-order valence-electron chi connectivity index (χ4n) is 1.97. The van der Waals surface area contributed by atoms with Crippen molar-refractivity contribution in [2.24, 2.45) is 0 Å². The Bertz CT molecular complexity index is 383. The number of thioether (sulfide) groups is 1. The SMILES string of the molecule is CC1SCCN(c2ncccc2C=O)C1C. The van der Waals surface area contributed by atoms with Gasteiger partial charge in [0, 0.05) is 29.8 Å². The van der Waals surface area contributed by atoms with Crippen molar-refractivity contribution in [3.05, 3.63) is 23.9 Å². The van der Waals surface area contributed by atoms with Gasteiger partial charge >= 0.3 is 0 Å². The average Bonchev–Trinajstić information content (AvgIpc) is 2.33. The maximum Gasteiger partial charge on any atom is 0.153 e. The summed E-state index contributed by atoms with van der Waals surface area (Å²) in [5.41, 5.74) is 0.688. The summed E-state index contributed by atoms with van der Waals surface area (Å²) >= 11 is 1.98. The van der Waals surface area contributed by atoms with Crippen molar-refractivity contribution in [3.8, 4) is 0 Å². The first-order chi connectivity index (χ1) is 7.74. The van der Waals surface area contributed by atoms with Crippen LogP contribution < -0.4 is 4.90 Å². The topological polar surface area (TPSA) is 33.2 Å². The minimum atomic E-state index is 0.423. The molecule has 86 valence electrons. The van der Waals surface area contributed by atoms with Gasteiger partial charge in [0.2, 0.25) is 0 Å². The molecule has 2 unspecified atom stereocenters. The Balaban J connectivity index is 2.31. The third kappa shape index (κ3) is 2.07. The highest BCUT2D eigenvalue weighted by atomic mass is 32.2. The summed E-state index contributed by atoms with van der Waals surface area (Å²) < 4.78 is 0. The number of pyridine rings is 1. The van der Waals surface area contributed by atoms with E-state index in [9.17, 15) is 4.79 Å². The van der Waals surface area contributed by atoms with Gasteiger partial charge in [-0.05, 0) is 19.1 Å². The Morgan fingerprint density at radius 2 is 2.38 bits per heavy atom. The van der Waals surface area contributed by atoms with Gasteiger partial charge < -0.3 is 4.90 Å². The van der Waals surface area contributed by atoms with Gasteiger partial charge in [-0.3, -0.25) is 4.79 Å². The lowest BCUT2D eigenvalue weighted by Crippen LogP contribution is -2.45. The molecule has 0 saturated carbocycles. The van der Waals surface area contributed by atoms with Crippen molar-refractivity contribution < 1.29 is 4.79 Å². The van der Waals surface area contributed by atoms with E-state index in [1.807, 2.05) is 17.8 Å². The highest BCUT2D eigenvalue weighted by molar-refractivity contribution is 8.00. The zero-order chi connectivity index (χ0) is 11.5. The van der Waals surface area contributed by atoms with E-state index in [1.165, 1.54) is 0 Å². The predicted octanol–water partition coefficient (Wildman–Crippen LogP) is 2.22. The molecular formula is C12H16N2OS. The molecule has 1 aliphatic rings. The summed E-state index contributed by atoms with van der Waals surface area (Å²) in [7, 11) is 0. The largest absolute Gasteiger partial charge is 0.351 e. The lowest BCUT2D eigenvalue weighted by atomic mass is 10.1. The number of carbonyl (C=O) groups excluding carboxylic acids is 1. The van der Waals surface area contributed by atoms with Crippen LogP contribution in [0.4, 0.5) is 5.82 Å². The van der Waals surface area contributed by atoms with Crippen LogP contribution in [-0.2, 0) is 0 Å². The Morgan fingerprint density at radius 3 is 3.12 bits per heavy atom. The third-order valence-electron chi connectivity index (χ3n) is 3.10. The molecule has 0 bridgehead atoms. The monoisotopic (exact) mass is 236 g/mol. The van der Waals surface area contributed by atoms with Crippen molar-refractivity contribution in [3.63, 3.8) is 0 Å². The van der Waals surface area contributed by atoms with Crippen molar-refractivity contribution in [1.29, 1.82) is 0 Å². The van der Waals surface area contributed by atoms with Gasteiger partial charge in [-0.2, -0.15) is 11.8 Å². The van der Waals surface area contributed by atoms with Crippen LogP contribution in [0.1, 0.15) is 24.2 Å². The first-order valence-corrected chi connectivity index (χ1v) is 6.57. The van der Waals surface area contributed by atoms with E-state index in [4.69, 9.17) is 0 Å². The van der Waals surface area contributed by atoms with Gasteiger partial charge in [0.15, 0.2) is 6.29 Å². The van der Waals surface area contributed by atoms with Crippen LogP contribution in [0.2, 0.25) is 0 Å². The van der Waals surface area contributed by atoms with E-state index in [1.54, 1.807) is 12.3 Å². The maximum atomic E-state index is 11.0. The second-order valence-electron chi connectivity index (χ2n) is 4.04. The molecule has 0 N–H and O–H groups in total. The molecule has 1 fully saturated rings. The summed E-state index contributed by atoms with van der Waals surface area (Å²) in [5.74, 6) is 1.93. The summed E-state index contributed by atoms with van der Waals surface area (Å²) in [5, 5.41) is 0.579. The molecule has 2 atom stereocenters. The van der Waals surface area contributed by atoms with E-state index in [2.05, 4.69) is 23.7 Å². The van der Waals surface area contributed by atoms with Crippen LogP contribution in [0.5, 0.6) is 0 Å². The molecule has 4 heteroatoms. The molecular weight excluding hydrogens is 220 g/mol. The lowest BCUT2D eigenvalue weighted by Gasteiger charge is -2.38. The number of aromatic nitrogens is 1. The van der Waals surface area contributed by atoms with Gasteiger partial charge in [-0.25, -0.2) is 4.98 Å². The van der Waals surface area contributed by atoms with Gasteiger partial charge in [0.1, 0.15) is 5.82 Å². The highest BCUT2D eigenvalue weighted by Gasteiger charge is 2.27. The third-order valence-corrected chi connectivity index (χ3v) is 4.44. The Morgan fingerprint density at radius 1 is 1.56 bits per heavy atom. The number of hydrogen-bond acceptors (Lipinski definition) is 4. The number of carbonyl (C=O) groups is 1. The first-order valence-electron chi connectivity index (χ1n) is 5.52. The number of nitrogens with zero attached hydrogens (tertiary/aromatic N) is 2. The highest BCUT2D eigenvalue weighted by Crippen LogP contribution is 2.29. The Labute approximate surface area is 100 Å². The molecule has 0 spiro atoms. The zero-order valence-electron chi connectivity index (χ0n) is 9.59. The summed E-state index contributed by atoms with van der Waals surface area (Å²) in [6.45, 7) is 5.39. The van der Waals surface area contributed by atoms with E-state index >= 15 is 0 Å². The number of aldehydes is 1. The molecule has 1 aromatic rings. The van der Waals surface area contributed by atoms with E-state index in [0.717, 1.165) is 24.4 Å². The number of anilines is 1. The van der Waals surface area contributed by atoms with Crippen LogP contribution in [0.25, 0.3) is 0 Å². The minimum absolute atomic E-state index is 0.423. The van der Waals surface area contributed by atoms with Gasteiger partial charge in [-0.1, -0.05) is 6.92 Å². The molecule has 0 aromatic carbocycles. The van der Waals surface area contributed by atoms with Crippen LogP contribution >= 0.6 is 11.8 Å². The number of rotatable bonds is 2. The van der Waals surface area contributed by atoms with Crippen molar-refractivity contribution >= 4 is 23.9 Å². The van der Waals surface area contributed by atoms with Crippen molar-refractivity contribution in [2.45, 2.75) is 25.1 Å². The fourth-order valence-corrected chi connectivity index (χ4v) is 3.07. The second-order valence-corrected chi connectivity index (χ2v) is 5.53. The van der Waals surface area contributed by atoms with Crippen LogP contribution in [-0.4, -0.2) is 34.9 Å². The average molecular weight is 236 g/mol. The van der Waals surface area contributed by atoms with Crippen molar-refractivity contribution in [1.82, 2.24) is 4.98 Å². The standard InChI is InChI=1S/C12H16N2OS/c1-9-10(2)16-7-6-14(9)12-11(8-15)4-3-5-13-12/h3-5,8-10H,6-7H2,1-2H3. The molecule has 0 radical (unpaired) electrons. The molecule has 0 amide bonds. The predicted molar refractivity (Wildman–Crippen MR) is 68.4 cm³/mol. The molecule has 0 aliphatic carbocycles. The first kappa shape index (κ1) is 11.5. The van der Waals surface area contributed by atoms with Gasteiger partial charge in [0.25, 0.3) is 0 Å². The molecule has 1 saturated heterocycles. The molecule has 2 heterocycles. The lowest BCUT2D eigenvalue weighted by molar-refractivity contribution is 0.112. The Hall–Kier alpha value is -1.03. The summed E-state index contributed by atoms with van der Waals surface area (Å²) in [6, 6.07) is 4.06. The van der Waals surface area contributed by atoms with E-state index < -0.39 is 0 Å².